The maximum Gasteiger partial charge on any atom is 0.251 e. The largest absolute Gasteiger partial charge is 0.493 e. The van der Waals surface area contributed by atoms with E-state index in [1.54, 1.807) is 18.2 Å². The molecule has 6 nitrogen and oxygen atoms in total. The number of nitrogens with one attached hydrogen (secondary N) is 2. The van der Waals surface area contributed by atoms with Gasteiger partial charge in [-0.25, -0.2) is 0 Å². The summed E-state index contributed by atoms with van der Waals surface area (Å²) < 4.78 is 10.3. The molecule has 120 valence electrons. The zero-order valence-electron chi connectivity index (χ0n) is 13.1. The highest BCUT2D eigenvalue weighted by Gasteiger charge is 2.28. The van der Waals surface area contributed by atoms with E-state index in [1.165, 1.54) is 27.1 Å². The molecule has 1 aromatic carbocycles. The number of benzene rings is 1. The number of methoxy groups -OCH3 is 2. The molecule has 1 fully saturated rings. The number of amides is 2. The van der Waals surface area contributed by atoms with Crippen molar-refractivity contribution in [2.45, 2.75) is 25.8 Å². The molecule has 1 aromatic rings. The molecule has 22 heavy (non-hydrogen) atoms. The zero-order chi connectivity index (χ0) is 16.1. The van der Waals surface area contributed by atoms with Gasteiger partial charge in [0.1, 0.15) is 0 Å². The van der Waals surface area contributed by atoms with E-state index in [9.17, 15) is 9.59 Å². The van der Waals surface area contributed by atoms with Crippen molar-refractivity contribution in [1.82, 2.24) is 10.6 Å². The maximum absolute atomic E-state index is 12.1. The Morgan fingerprint density at radius 3 is 2.50 bits per heavy atom. The molecular weight excluding hydrogens is 284 g/mol. The first-order valence-electron chi connectivity index (χ1n) is 7.34. The van der Waals surface area contributed by atoms with Gasteiger partial charge in [-0.3, -0.25) is 9.59 Å². The van der Waals surface area contributed by atoms with E-state index in [4.69, 9.17) is 9.47 Å². The van der Waals surface area contributed by atoms with Crippen LogP contribution in [-0.4, -0.2) is 38.6 Å². The molecular formula is C16H22N2O4. The van der Waals surface area contributed by atoms with Crippen LogP contribution in [0.3, 0.4) is 0 Å². The van der Waals surface area contributed by atoms with Gasteiger partial charge in [-0.05, 0) is 43.9 Å². The minimum Gasteiger partial charge on any atom is -0.493 e. The van der Waals surface area contributed by atoms with E-state index in [-0.39, 0.29) is 24.4 Å². The molecule has 2 amide bonds. The van der Waals surface area contributed by atoms with Crippen molar-refractivity contribution < 1.29 is 19.1 Å². The van der Waals surface area contributed by atoms with Crippen LogP contribution >= 0.6 is 0 Å². The van der Waals surface area contributed by atoms with Gasteiger partial charge in [-0.1, -0.05) is 0 Å². The molecule has 2 rings (SSSR count). The summed E-state index contributed by atoms with van der Waals surface area (Å²) in [7, 11) is 3.04. The molecule has 1 aliphatic rings. The third kappa shape index (κ3) is 4.13. The predicted octanol–water partition coefficient (Wildman–Crippen LogP) is 1.35. The molecule has 6 heteroatoms. The van der Waals surface area contributed by atoms with Crippen molar-refractivity contribution in [2.24, 2.45) is 5.92 Å². The molecule has 0 saturated heterocycles. The zero-order valence-corrected chi connectivity index (χ0v) is 13.1. The first kappa shape index (κ1) is 16.1. The lowest BCUT2D eigenvalue weighted by atomic mass is 10.2. The molecule has 0 aliphatic heterocycles. The van der Waals surface area contributed by atoms with Gasteiger partial charge in [0.2, 0.25) is 5.91 Å². The maximum atomic E-state index is 12.1. The number of carbonyl (C=O) groups excluding carboxylic acids is 2. The van der Waals surface area contributed by atoms with Gasteiger partial charge < -0.3 is 20.1 Å². The Balaban J connectivity index is 1.87. The van der Waals surface area contributed by atoms with Gasteiger partial charge in [-0.2, -0.15) is 0 Å². The average Bonchev–Trinajstić information content (AvgIpc) is 3.36. The highest BCUT2D eigenvalue weighted by Crippen LogP contribution is 2.32. The lowest BCUT2D eigenvalue weighted by Gasteiger charge is -2.13. The van der Waals surface area contributed by atoms with E-state index in [0.717, 1.165) is 0 Å². The third-order valence-electron chi connectivity index (χ3n) is 3.77. The number of rotatable bonds is 7. The fourth-order valence-electron chi connectivity index (χ4n) is 2.26. The topological polar surface area (TPSA) is 76.7 Å². The van der Waals surface area contributed by atoms with Gasteiger partial charge in [0.15, 0.2) is 11.5 Å². The Bertz CT molecular complexity index is 555. The van der Waals surface area contributed by atoms with Crippen molar-refractivity contribution in [2.75, 3.05) is 20.8 Å². The number of carbonyl (C=O) groups is 2. The molecule has 0 heterocycles. The summed E-state index contributed by atoms with van der Waals surface area (Å²) in [5.74, 6) is 1.12. The fourth-order valence-corrected chi connectivity index (χ4v) is 2.26. The molecule has 0 aromatic heterocycles. The summed E-state index contributed by atoms with van der Waals surface area (Å²) >= 11 is 0. The Labute approximate surface area is 130 Å². The number of ether oxygens (including phenoxy) is 2. The van der Waals surface area contributed by atoms with Crippen LogP contribution in [0.5, 0.6) is 11.5 Å². The van der Waals surface area contributed by atoms with Gasteiger partial charge in [0.25, 0.3) is 5.91 Å². The average molecular weight is 306 g/mol. The second kappa shape index (κ2) is 7.15. The van der Waals surface area contributed by atoms with E-state index in [2.05, 4.69) is 10.6 Å². The van der Waals surface area contributed by atoms with Crippen LogP contribution in [0.25, 0.3) is 0 Å². The van der Waals surface area contributed by atoms with E-state index in [0.29, 0.717) is 23.0 Å². The van der Waals surface area contributed by atoms with Crippen molar-refractivity contribution in [3.05, 3.63) is 23.8 Å². The van der Waals surface area contributed by atoms with Gasteiger partial charge in [0, 0.05) is 11.6 Å². The fraction of sp³-hybridized carbons (Fsp3) is 0.500. The SMILES string of the molecule is COc1ccc(C(=O)NCC(=O)NC(C)C2CC2)cc1OC. The normalized spacial score (nSPS) is 14.9. The summed E-state index contributed by atoms with van der Waals surface area (Å²) in [6.45, 7) is 1.95. The molecule has 2 N–H and O–H groups in total. The standard InChI is InChI=1S/C16H22N2O4/c1-10(11-4-5-11)18-15(19)9-17-16(20)12-6-7-13(21-2)14(8-12)22-3/h6-8,10-11H,4-5,9H2,1-3H3,(H,17,20)(H,18,19). The second-order valence-electron chi connectivity index (χ2n) is 5.45. The molecule has 0 radical (unpaired) electrons. The minimum absolute atomic E-state index is 0.0375. The lowest BCUT2D eigenvalue weighted by Crippen LogP contribution is -2.41. The van der Waals surface area contributed by atoms with Gasteiger partial charge in [-0.15, -0.1) is 0 Å². The van der Waals surface area contributed by atoms with Gasteiger partial charge >= 0.3 is 0 Å². The van der Waals surface area contributed by atoms with Crippen LogP contribution in [0.15, 0.2) is 18.2 Å². The van der Waals surface area contributed by atoms with Crippen LogP contribution in [-0.2, 0) is 4.79 Å². The predicted molar refractivity (Wildman–Crippen MR) is 82.2 cm³/mol. The highest BCUT2D eigenvalue weighted by molar-refractivity contribution is 5.97. The Hall–Kier alpha value is -2.24. The highest BCUT2D eigenvalue weighted by atomic mass is 16.5. The first-order chi connectivity index (χ1) is 10.5. The monoisotopic (exact) mass is 306 g/mol. The molecule has 0 bridgehead atoms. The quantitative estimate of drug-likeness (QED) is 0.797. The van der Waals surface area contributed by atoms with Crippen LogP contribution in [0.2, 0.25) is 0 Å². The van der Waals surface area contributed by atoms with Crippen LogP contribution in [0, 0.1) is 5.92 Å². The lowest BCUT2D eigenvalue weighted by molar-refractivity contribution is -0.120. The summed E-state index contributed by atoms with van der Waals surface area (Å²) in [4.78, 5) is 23.8. The second-order valence-corrected chi connectivity index (χ2v) is 5.45. The summed E-state index contributed by atoms with van der Waals surface area (Å²) in [6, 6.07) is 5.04. The Morgan fingerprint density at radius 2 is 1.91 bits per heavy atom. The van der Waals surface area contributed by atoms with E-state index >= 15 is 0 Å². The minimum atomic E-state index is -0.324. The summed E-state index contributed by atoms with van der Waals surface area (Å²) in [6.07, 6.45) is 2.33. The molecule has 0 spiro atoms. The molecule has 1 atom stereocenters. The molecule has 1 unspecified atom stereocenters. The summed E-state index contributed by atoms with van der Waals surface area (Å²) in [5.41, 5.74) is 0.417. The summed E-state index contributed by atoms with van der Waals surface area (Å²) in [5, 5.41) is 5.50. The van der Waals surface area contributed by atoms with Crippen LogP contribution in [0.1, 0.15) is 30.1 Å². The number of hydrogen-bond donors (Lipinski definition) is 2. The smallest absolute Gasteiger partial charge is 0.251 e. The molecule has 1 aliphatic carbocycles. The van der Waals surface area contributed by atoms with Crippen molar-refractivity contribution >= 4 is 11.8 Å². The van der Waals surface area contributed by atoms with Crippen molar-refractivity contribution in [3.63, 3.8) is 0 Å². The van der Waals surface area contributed by atoms with Crippen molar-refractivity contribution in [1.29, 1.82) is 0 Å². The Morgan fingerprint density at radius 1 is 1.23 bits per heavy atom. The van der Waals surface area contributed by atoms with Crippen LogP contribution < -0.4 is 20.1 Å². The van der Waals surface area contributed by atoms with Crippen molar-refractivity contribution in [3.8, 4) is 11.5 Å². The first-order valence-corrected chi connectivity index (χ1v) is 7.34. The van der Waals surface area contributed by atoms with E-state index in [1.807, 2.05) is 6.92 Å². The van der Waals surface area contributed by atoms with Gasteiger partial charge in [0.05, 0.1) is 20.8 Å². The third-order valence-corrected chi connectivity index (χ3v) is 3.77. The Kier molecular flexibility index (Phi) is 5.25. The van der Waals surface area contributed by atoms with E-state index < -0.39 is 0 Å². The number of hydrogen-bond acceptors (Lipinski definition) is 4. The molecule has 1 saturated carbocycles. The van der Waals surface area contributed by atoms with Crippen LogP contribution in [0.4, 0.5) is 0 Å².